The van der Waals surface area contributed by atoms with E-state index in [4.69, 9.17) is 5.73 Å². The predicted molar refractivity (Wildman–Crippen MR) is 64.1 cm³/mol. The fourth-order valence-electron chi connectivity index (χ4n) is 1.60. The van der Waals surface area contributed by atoms with Crippen LogP contribution in [0.15, 0.2) is 18.2 Å². The highest BCUT2D eigenvalue weighted by atomic mass is 16.3. The number of benzene rings is 1. The Kier molecular flexibility index (Phi) is 4.73. The first-order valence-electron chi connectivity index (χ1n) is 5.39. The first-order chi connectivity index (χ1) is 7.54. The molecule has 0 spiro atoms. The van der Waals surface area contributed by atoms with Crippen molar-refractivity contribution in [2.24, 2.45) is 5.73 Å². The average molecular weight is 224 g/mol. The molecule has 0 aromatic heterocycles. The summed E-state index contributed by atoms with van der Waals surface area (Å²) in [7, 11) is 3.87. The fraction of sp³-hybridized carbons (Fsp3) is 0.500. The minimum Gasteiger partial charge on any atom is -0.508 e. The molecule has 1 atom stereocenters. The lowest BCUT2D eigenvalue weighted by molar-refractivity contribution is 0.170. The molecule has 0 aliphatic rings. The van der Waals surface area contributed by atoms with Gasteiger partial charge in [-0.3, -0.25) is 0 Å². The van der Waals surface area contributed by atoms with Crippen LogP contribution >= 0.6 is 0 Å². The summed E-state index contributed by atoms with van der Waals surface area (Å²) in [5.74, 6) is 0.261. The van der Waals surface area contributed by atoms with Gasteiger partial charge in [0.05, 0.1) is 6.10 Å². The first-order valence-corrected chi connectivity index (χ1v) is 5.39. The summed E-state index contributed by atoms with van der Waals surface area (Å²) in [6.45, 7) is 1.10. The van der Waals surface area contributed by atoms with Gasteiger partial charge in [0, 0.05) is 12.1 Å². The van der Waals surface area contributed by atoms with Gasteiger partial charge in [-0.05, 0) is 44.8 Å². The molecule has 0 saturated carbocycles. The van der Waals surface area contributed by atoms with E-state index in [-0.39, 0.29) is 5.75 Å². The van der Waals surface area contributed by atoms with Crippen LogP contribution < -0.4 is 5.73 Å². The van der Waals surface area contributed by atoms with Crippen LogP contribution in [0.2, 0.25) is 0 Å². The van der Waals surface area contributed by atoms with Crippen molar-refractivity contribution in [3.05, 3.63) is 29.3 Å². The SMILES string of the molecule is CN(C)Cc1cc([C@H](O)CCN)ccc1O. The highest BCUT2D eigenvalue weighted by Gasteiger charge is 2.10. The van der Waals surface area contributed by atoms with E-state index in [1.165, 1.54) is 0 Å². The van der Waals surface area contributed by atoms with Gasteiger partial charge >= 0.3 is 0 Å². The zero-order valence-corrected chi connectivity index (χ0v) is 9.85. The lowest BCUT2D eigenvalue weighted by Gasteiger charge is -2.15. The molecule has 0 bridgehead atoms. The summed E-state index contributed by atoms with van der Waals surface area (Å²) in [5, 5.41) is 19.5. The summed E-state index contributed by atoms with van der Waals surface area (Å²) in [6.07, 6.45) is -0.0156. The average Bonchev–Trinajstić information content (AvgIpc) is 2.21. The zero-order valence-electron chi connectivity index (χ0n) is 9.85. The Balaban J connectivity index is 2.88. The minimum absolute atomic E-state index is 0.261. The number of aliphatic hydroxyl groups is 1. The van der Waals surface area contributed by atoms with E-state index in [0.717, 1.165) is 11.1 Å². The molecule has 0 fully saturated rings. The van der Waals surface area contributed by atoms with Crippen LogP contribution in [0.4, 0.5) is 0 Å². The van der Waals surface area contributed by atoms with Crippen molar-refractivity contribution in [1.29, 1.82) is 0 Å². The second kappa shape index (κ2) is 5.84. The predicted octanol–water partition coefficient (Wildman–Crippen LogP) is 0.836. The number of phenolic OH excluding ortho intramolecular Hbond substituents is 1. The van der Waals surface area contributed by atoms with E-state index in [9.17, 15) is 10.2 Å². The maximum Gasteiger partial charge on any atom is 0.120 e. The Morgan fingerprint density at radius 3 is 2.62 bits per heavy atom. The van der Waals surface area contributed by atoms with Crippen LogP contribution in [0.3, 0.4) is 0 Å². The van der Waals surface area contributed by atoms with E-state index in [2.05, 4.69) is 0 Å². The minimum atomic E-state index is -0.550. The van der Waals surface area contributed by atoms with Gasteiger partial charge in [0.1, 0.15) is 5.75 Å². The van der Waals surface area contributed by atoms with Gasteiger partial charge in [-0.15, -0.1) is 0 Å². The number of phenols is 1. The molecular formula is C12H20N2O2. The molecule has 90 valence electrons. The largest absolute Gasteiger partial charge is 0.508 e. The van der Waals surface area contributed by atoms with Gasteiger partial charge in [-0.2, -0.15) is 0 Å². The summed E-state index contributed by atoms with van der Waals surface area (Å²) >= 11 is 0. The molecule has 0 radical (unpaired) electrons. The molecular weight excluding hydrogens is 204 g/mol. The molecule has 16 heavy (non-hydrogen) atoms. The quantitative estimate of drug-likeness (QED) is 0.693. The number of hydrogen-bond acceptors (Lipinski definition) is 4. The molecule has 1 rings (SSSR count). The Labute approximate surface area is 96.3 Å². The van der Waals surface area contributed by atoms with Crippen LogP contribution in [0.1, 0.15) is 23.7 Å². The third kappa shape index (κ3) is 3.48. The van der Waals surface area contributed by atoms with Crippen LogP contribution in [-0.2, 0) is 6.54 Å². The topological polar surface area (TPSA) is 69.7 Å². The molecule has 0 heterocycles. The van der Waals surface area contributed by atoms with Crippen molar-refractivity contribution < 1.29 is 10.2 Å². The normalized spacial score (nSPS) is 13.1. The number of hydrogen-bond donors (Lipinski definition) is 3. The van der Waals surface area contributed by atoms with Gasteiger partial charge in [-0.25, -0.2) is 0 Å². The first kappa shape index (κ1) is 13.0. The molecule has 1 aromatic rings. The van der Waals surface area contributed by atoms with Crippen molar-refractivity contribution in [1.82, 2.24) is 4.90 Å². The standard InChI is InChI=1S/C12H20N2O2/c1-14(2)8-10-7-9(3-4-11(10)15)12(16)5-6-13/h3-4,7,12,15-16H,5-6,8,13H2,1-2H3/t12-/m1/s1. The van der Waals surface area contributed by atoms with E-state index < -0.39 is 6.10 Å². The van der Waals surface area contributed by atoms with Crippen molar-refractivity contribution in [2.75, 3.05) is 20.6 Å². The van der Waals surface area contributed by atoms with Crippen molar-refractivity contribution in [3.8, 4) is 5.75 Å². The number of nitrogens with zero attached hydrogens (tertiary/aromatic N) is 1. The van der Waals surface area contributed by atoms with Gasteiger partial charge < -0.3 is 20.8 Å². The monoisotopic (exact) mass is 224 g/mol. The van der Waals surface area contributed by atoms with Gasteiger partial charge in [0.2, 0.25) is 0 Å². The maximum absolute atomic E-state index is 9.79. The van der Waals surface area contributed by atoms with Crippen molar-refractivity contribution >= 4 is 0 Å². The number of aliphatic hydroxyl groups excluding tert-OH is 1. The fourth-order valence-corrected chi connectivity index (χ4v) is 1.60. The highest BCUT2D eigenvalue weighted by molar-refractivity contribution is 5.37. The number of aromatic hydroxyl groups is 1. The Hall–Kier alpha value is -1.10. The summed E-state index contributed by atoms with van der Waals surface area (Å²) in [6, 6.07) is 5.18. The summed E-state index contributed by atoms with van der Waals surface area (Å²) in [4.78, 5) is 1.97. The molecule has 4 nitrogen and oxygen atoms in total. The molecule has 1 aromatic carbocycles. The smallest absolute Gasteiger partial charge is 0.120 e. The van der Waals surface area contributed by atoms with Crippen LogP contribution in [0.5, 0.6) is 5.75 Å². The van der Waals surface area contributed by atoms with E-state index >= 15 is 0 Å². The third-order valence-electron chi connectivity index (χ3n) is 2.42. The number of rotatable bonds is 5. The third-order valence-corrected chi connectivity index (χ3v) is 2.42. The molecule has 0 aliphatic heterocycles. The van der Waals surface area contributed by atoms with E-state index in [1.54, 1.807) is 12.1 Å². The Morgan fingerprint density at radius 2 is 2.06 bits per heavy atom. The van der Waals surface area contributed by atoms with Crippen LogP contribution in [-0.4, -0.2) is 35.8 Å². The maximum atomic E-state index is 9.79. The molecule has 0 amide bonds. The molecule has 0 aliphatic carbocycles. The molecule has 4 N–H and O–H groups in total. The second-order valence-electron chi connectivity index (χ2n) is 4.22. The molecule has 0 unspecified atom stereocenters. The van der Waals surface area contributed by atoms with Gasteiger partial charge in [0.15, 0.2) is 0 Å². The summed E-state index contributed by atoms with van der Waals surface area (Å²) in [5.41, 5.74) is 7.02. The van der Waals surface area contributed by atoms with Crippen molar-refractivity contribution in [2.45, 2.75) is 19.1 Å². The molecule has 0 saturated heterocycles. The van der Waals surface area contributed by atoms with Crippen molar-refractivity contribution in [3.63, 3.8) is 0 Å². The highest BCUT2D eigenvalue weighted by Crippen LogP contribution is 2.24. The second-order valence-corrected chi connectivity index (χ2v) is 4.22. The van der Waals surface area contributed by atoms with Gasteiger partial charge in [0.25, 0.3) is 0 Å². The van der Waals surface area contributed by atoms with Crippen LogP contribution in [0, 0.1) is 0 Å². The lowest BCUT2D eigenvalue weighted by Crippen LogP contribution is -2.12. The van der Waals surface area contributed by atoms with Crippen LogP contribution in [0.25, 0.3) is 0 Å². The Morgan fingerprint density at radius 1 is 1.38 bits per heavy atom. The number of nitrogens with two attached hydrogens (primary N) is 1. The Bertz CT molecular complexity index is 340. The van der Waals surface area contributed by atoms with Gasteiger partial charge in [-0.1, -0.05) is 6.07 Å². The van der Waals surface area contributed by atoms with E-state index in [0.29, 0.717) is 19.5 Å². The zero-order chi connectivity index (χ0) is 12.1. The molecule has 4 heteroatoms. The lowest BCUT2D eigenvalue weighted by atomic mass is 10.0. The summed E-state index contributed by atoms with van der Waals surface area (Å²) < 4.78 is 0. The van der Waals surface area contributed by atoms with E-state index in [1.807, 2.05) is 25.1 Å².